The van der Waals surface area contributed by atoms with E-state index in [1.54, 1.807) is 17.1 Å². The lowest BCUT2D eigenvalue weighted by atomic mass is 9.97. The van der Waals surface area contributed by atoms with Crippen LogP contribution in [0, 0.1) is 18.8 Å². The van der Waals surface area contributed by atoms with E-state index in [2.05, 4.69) is 27.2 Å². The second-order valence-corrected chi connectivity index (χ2v) is 7.08. The Morgan fingerprint density at radius 1 is 1.18 bits per heavy atom. The lowest BCUT2D eigenvalue weighted by Crippen LogP contribution is -2.16. The number of pyridine rings is 1. The summed E-state index contributed by atoms with van der Waals surface area (Å²) in [5.74, 6) is 6.93. The molecule has 4 rings (SSSR count). The third-order valence-corrected chi connectivity index (χ3v) is 5.05. The lowest BCUT2D eigenvalue weighted by molar-refractivity contribution is 0.102. The SMILES string of the molecule is Cc1ccc(C(=O)Nc2c3c(nn2C)CCCC3)cc1C#Cc1cccnc1. The molecule has 0 bridgehead atoms. The molecule has 0 atom stereocenters. The van der Waals surface area contributed by atoms with Crippen molar-refractivity contribution in [3.63, 3.8) is 0 Å². The van der Waals surface area contributed by atoms with E-state index >= 15 is 0 Å². The van der Waals surface area contributed by atoms with Crippen LogP contribution in [0.5, 0.6) is 0 Å². The molecule has 0 radical (unpaired) electrons. The molecule has 0 saturated carbocycles. The molecule has 0 unspecified atom stereocenters. The van der Waals surface area contributed by atoms with Gasteiger partial charge >= 0.3 is 0 Å². The lowest BCUT2D eigenvalue weighted by Gasteiger charge is -2.12. The summed E-state index contributed by atoms with van der Waals surface area (Å²) in [6.45, 7) is 1.99. The molecule has 3 aromatic rings. The number of rotatable bonds is 2. The smallest absolute Gasteiger partial charge is 0.256 e. The highest BCUT2D eigenvalue weighted by Gasteiger charge is 2.21. The van der Waals surface area contributed by atoms with E-state index < -0.39 is 0 Å². The van der Waals surface area contributed by atoms with Crippen molar-refractivity contribution in [3.05, 3.63) is 76.2 Å². The molecule has 0 spiro atoms. The number of nitrogens with one attached hydrogen (secondary N) is 1. The van der Waals surface area contributed by atoms with Gasteiger partial charge in [-0.05, 0) is 62.4 Å². The van der Waals surface area contributed by atoms with Crippen LogP contribution in [-0.2, 0) is 19.9 Å². The average Bonchev–Trinajstić information content (AvgIpc) is 3.03. The summed E-state index contributed by atoms with van der Waals surface area (Å²) in [6.07, 6.45) is 7.70. The Balaban J connectivity index is 1.59. The summed E-state index contributed by atoms with van der Waals surface area (Å²) in [6, 6.07) is 9.38. The first-order chi connectivity index (χ1) is 13.6. The summed E-state index contributed by atoms with van der Waals surface area (Å²) in [4.78, 5) is 17.0. The predicted octanol–water partition coefficient (Wildman–Crippen LogP) is 3.65. The first-order valence-corrected chi connectivity index (χ1v) is 9.50. The van der Waals surface area contributed by atoms with Crippen LogP contribution in [-0.4, -0.2) is 20.7 Å². The maximum Gasteiger partial charge on any atom is 0.256 e. The molecule has 1 aliphatic carbocycles. The highest BCUT2D eigenvalue weighted by Crippen LogP contribution is 2.27. The van der Waals surface area contributed by atoms with Crippen molar-refractivity contribution < 1.29 is 4.79 Å². The van der Waals surface area contributed by atoms with E-state index in [1.165, 1.54) is 5.56 Å². The van der Waals surface area contributed by atoms with Crippen LogP contribution in [0.25, 0.3) is 0 Å². The first kappa shape index (κ1) is 18.0. The normalized spacial score (nSPS) is 12.6. The minimum absolute atomic E-state index is 0.138. The third-order valence-electron chi connectivity index (χ3n) is 5.05. The van der Waals surface area contributed by atoms with Gasteiger partial charge in [0.15, 0.2) is 0 Å². The second kappa shape index (κ2) is 7.69. The Morgan fingerprint density at radius 2 is 2.04 bits per heavy atom. The molecule has 5 nitrogen and oxygen atoms in total. The fraction of sp³-hybridized carbons (Fsp3) is 0.261. The number of nitrogens with zero attached hydrogens (tertiary/aromatic N) is 3. The van der Waals surface area contributed by atoms with E-state index in [0.717, 1.165) is 53.9 Å². The highest BCUT2D eigenvalue weighted by molar-refractivity contribution is 6.04. The molecule has 140 valence electrons. The second-order valence-electron chi connectivity index (χ2n) is 7.08. The molecule has 5 heteroatoms. The maximum absolute atomic E-state index is 12.9. The predicted molar refractivity (Wildman–Crippen MR) is 109 cm³/mol. The molecule has 2 heterocycles. The van der Waals surface area contributed by atoms with E-state index in [1.807, 2.05) is 44.3 Å². The molecule has 1 aliphatic rings. The maximum atomic E-state index is 12.9. The van der Waals surface area contributed by atoms with Crippen molar-refractivity contribution in [2.24, 2.45) is 7.05 Å². The number of hydrogen-bond donors (Lipinski definition) is 1. The van der Waals surface area contributed by atoms with E-state index in [4.69, 9.17) is 0 Å². The quantitative estimate of drug-likeness (QED) is 0.701. The van der Waals surface area contributed by atoms with Gasteiger partial charge in [-0.25, -0.2) is 0 Å². The van der Waals surface area contributed by atoms with Crippen LogP contribution in [0.15, 0.2) is 42.7 Å². The minimum Gasteiger partial charge on any atom is -0.307 e. The van der Waals surface area contributed by atoms with E-state index in [-0.39, 0.29) is 5.91 Å². The zero-order valence-electron chi connectivity index (χ0n) is 16.1. The first-order valence-electron chi connectivity index (χ1n) is 9.50. The minimum atomic E-state index is -0.138. The summed E-state index contributed by atoms with van der Waals surface area (Å²) in [5.41, 5.74) is 5.58. The molecule has 1 N–H and O–H groups in total. The molecule has 0 saturated heterocycles. The number of anilines is 1. The van der Waals surface area contributed by atoms with Gasteiger partial charge in [-0.1, -0.05) is 17.9 Å². The van der Waals surface area contributed by atoms with Gasteiger partial charge in [0.1, 0.15) is 5.82 Å². The third kappa shape index (κ3) is 3.67. The number of carbonyl (C=O) groups is 1. The molecule has 0 aliphatic heterocycles. The van der Waals surface area contributed by atoms with Crippen LogP contribution in [0.3, 0.4) is 0 Å². The van der Waals surface area contributed by atoms with Gasteiger partial charge in [0.05, 0.1) is 5.69 Å². The molecule has 28 heavy (non-hydrogen) atoms. The monoisotopic (exact) mass is 370 g/mol. The Kier molecular flexibility index (Phi) is 4.94. The number of benzene rings is 1. The van der Waals surface area contributed by atoms with Crippen molar-refractivity contribution in [1.29, 1.82) is 0 Å². The van der Waals surface area contributed by atoms with E-state index in [0.29, 0.717) is 5.56 Å². The van der Waals surface area contributed by atoms with Gasteiger partial charge in [-0.15, -0.1) is 0 Å². The number of aromatic nitrogens is 3. The molecular weight excluding hydrogens is 348 g/mol. The Labute approximate surface area is 164 Å². The Morgan fingerprint density at radius 3 is 2.86 bits per heavy atom. The topological polar surface area (TPSA) is 59.8 Å². The number of aryl methyl sites for hydroxylation is 3. The largest absolute Gasteiger partial charge is 0.307 e. The van der Waals surface area contributed by atoms with Gasteiger partial charge in [-0.3, -0.25) is 14.5 Å². The standard InChI is InChI=1S/C23H22N4O/c1-16-9-11-19(14-18(16)12-10-17-6-5-13-24-15-17)23(28)25-22-20-7-3-4-8-21(20)26-27(22)2/h5-6,9,11,13-15H,3-4,7-8H2,1-2H3,(H,25,28). The van der Waals surface area contributed by atoms with Crippen LogP contribution in [0.4, 0.5) is 5.82 Å². The summed E-state index contributed by atoms with van der Waals surface area (Å²) < 4.78 is 1.78. The van der Waals surface area contributed by atoms with Gasteiger partial charge < -0.3 is 5.32 Å². The van der Waals surface area contributed by atoms with Crippen molar-refractivity contribution >= 4 is 11.7 Å². The van der Waals surface area contributed by atoms with Crippen LogP contribution < -0.4 is 5.32 Å². The van der Waals surface area contributed by atoms with Crippen LogP contribution in [0.1, 0.15) is 51.1 Å². The molecule has 1 amide bonds. The number of amides is 1. The van der Waals surface area contributed by atoms with Gasteiger partial charge in [0.25, 0.3) is 5.91 Å². The molecular formula is C23H22N4O. The number of hydrogen-bond acceptors (Lipinski definition) is 3. The fourth-order valence-electron chi connectivity index (χ4n) is 3.49. The number of fused-ring (bicyclic) bond motifs is 1. The number of carbonyl (C=O) groups excluding carboxylic acids is 1. The zero-order chi connectivity index (χ0) is 19.5. The van der Waals surface area contributed by atoms with Crippen molar-refractivity contribution in [2.45, 2.75) is 32.6 Å². The van der Waals surface area contributed by atoms with Gasteiger partial charge in [-0.2, -0.15) is 5.10 Å². The Hall–Kier alpha value is -3.39. The fourth-order valence-corrected chi connectivity index (χ4v) is 3.49. The molecule has 0 fully saturated rings. The molecule has 1 aromatic carbocycles. The van der Waals surface area contributed by atoms with Crippen LogP contribution in [0.2, 0.25) is 0 Å². The van der Waals surface area contributed by atoms with Crippen LogP contribution >= 0.6 is 0 Å². The van der Waals surface area contributed by atoms with E-state index in [9.17, 15) is 4.79 Å². The summed E-state index contributed by atoms with van der Waals surface area (Å²) >= 11 is 0. The average molecular weight is 370 g/mol. The zero-order valence-corrected chi connectivity index (χ0v) is 16.1. The summed E-state index contributed by atoms with van der Waals surface area (Å²) in [5, 5.41) is 7.62. The van der Waals surface area contributed by atoms with Crippen molar-refractivity contribution in [1.82, 2.24) is 14.8 Å². The molecule has 2 aromatic heterocycles. The van der Waals surface area contributed by atoms with Crippen molar-refractivity contribution in [3.8, 4) is 11.8 Å². The summed E-state index contributed by atoms with van der Waals surface area (Å²) in [7, 11) is 1.88. The van der Waals surface area contributed by atoms with Crippen molar-refractivity contribution in [2.75, 3.05) is 5.32 Å². The highest BCUT2D eigenvalue weighted by atomic mass is 16.1. The van der Waals surface area contributed by atoms with Gasteiger partial charge in [0.2, 0.25) is 0 Å². The Bertz CT molecular complexity index is 1090. The van der Waals surface area contributed by atoms with Gasteiger partial charge in [0, 0.05) is 41.7 Å².